The molecule has 0 N–H and O–H groups in total. The lowest BCUT2D eigenvalue weighted by molar-refractivity contribution is -0.165. The molecular weight excluding hydrogens is 424 g/mol. The van der Waals surface area contributed by atoms with E-state index in [1.807, 2.05) is 25.2 Å². The molecule has 1 unspecified atom stereocenters. The van der Waals surface area contributed by atoms with Gasteiger partial charge >= 0.3 is 17.9 Å². The molecule has 3 aliphatic heterocycles. The molecule has 3 aliphatic rings. The van der Waals surface area contributed by atoms with Crippen LogP contribution in [0.5, 0.6) is 0 Å². The summed E-state index contributed by atoms with van der Waals surface area (Å²) in [6, 6.07) is 0. The number of hydrogen-bond donors (Lipinski definition) is 0. The third kappa shape index (κ3) is 6.68. The molecule has 0 aromatic carbocycles. The zero-order valence-corrected chi connectivity index (χ0v) is 18.9. The van der Waals surface area contributed by atoms with E-state index in [9.17, 15) is 14.4 Å². The first-order chi connectivity index (χ1) is 14.7. The second-order valence-corrected chi connectivity index (χ2v) is 8.79. The molecular formula is C23H29ClO7. The van der Waals surface area contributed by atoms with Gasteiger partial charge in [0.2, 0.25) is 0 Å². The van der Waals surface area contributed by atoms with Crippen LogP contribution in [0.1, 0.15) is 59.3 Å². The molecule has 0 amide bonds. The number of fused-ring (bicyclic) bond motifs is 2. The van der Waals surface area contributed by atoms with Crippen molar-refractivity contribution < 1.29 is 33.3 Å². The minimum Gasteiger partial charge on any atom is -0.459 e. The first-order valence-electron chi connectivity index (χ1n) is 10.6. The number of allylic oxidation sites excluding steroid dienone is 3. The summed E-state index contributed by atoms with van der Waals surface area (Å²) in [5.74, 6) is -1.29. The van der Waals surface area contributed by atoms with Crippen LogP contribution in [-0.4, -0.2) is 48.4 Å². The van der Waals surface area contributed by atoms with Gasteiger partial charge in [0.05, 0.1) is 18.9 Å². The van der Waals surface area contributed by atoms with Gasteiger partial charge in [-0.15, -0.1) is 0 Å². The Morgan fingerprint density at radius 1 is 1.16 bits per heavy atom. The maximum Gasteiger partial charge on any atom is 0.310 e. The Kier molecular flexibility index (Phi) is 7.94. The van der Waals surface area contributed by atoms with Crippen LogP contribution in [-0.2, 0) is 33.3 Å². The molecule has 0 aromatic heterocycles. The summed E-state index contributed by atoms with van der Waals surface area (Å²) in [7, 11) is 0. The molecule has 2 bridgehead atoms. The zero-order chi connectivity index (χ0) is 22.5. The van der Waals surface area contributed by atoms with Gasteiger partial charge in [0.1, 0.15) is 24.4 Å². The normalized spacial score (nSPS) is 36.0. The van der Waals surface area contributed by atoms with Gasteiger partial charge in [-0.25, -0.2) is 0 Å². The lowest BCUT2D eigenvalue weighted by Gasteiger charge is -2.28. The summed E-state index contributed by atoms with van der Waals surface area (Å²) in [5.41, 5.74) is 1.65. The monoisotopic (exact) mass is 452 g/mol. The Balaban J connectivity index is 1.83. The van der Waals surface area contributed by atoms with E-state index in [2.05, 4.69) is 0 Å². The highest BCUT2D eigenvalue weighted by Gasteiger charge is 2.44. The van der Waals surface area contributed by atoms with E-state index in [1.54, 1.807) is 6.92 Å². The average molecular weight is 453 g/mol. The Hall–Kier alpha value is -2.12. The van der Waals surface area contributed by atoms with Crippen molar-refractivity contribution in [2.75, 3.05) is 0 Å². The molecule has 0 spiro atoms. The van der Waals surface area contributed by atoms with Crippen molar-refractivity contribution in [2.45, 2.75) is 89.8 Å². The largest absolute Gasteiger partial charge is 0.459 e. The Morgan fingerprint density at radius 3 is 2.65 bits per heavy atom. The Labute approximate surface area is 187 Å². The first kappa shape index (κ1) is 23.5. The van der Waals surface area contributed by atoms with Crippen LogP contribution >= 0.6 is 11.6 Å². The van der Waals surface area contributed by atoms with Crippen molar-refractivity contribution >= 4 is 29.5 Å². The van der Waals surface area contributed by atoms with Crippen LogP contribution in [0.15, 0.2) is 34.4 Å². The van der Waals surface area contributed by atoms with Gasteiger partial charge in [-0.05, 0) is 44.8 Å². The van der Waals surface area contributed by atoms with Gasteiger partial charge in [0, 0.05) is 18.4 Å². The number of esters is 3. The smallest absolute Gasteiger partial charge is 0.310 e. The van der Waals surface area contributed by atoms with E-state index >= 15 is 0 Å². The van der Waals surface area contributed by atoms with E-state index in [1.165, 1.54) is 6.92 Å². The van der Waals surface area contributed by atoms with Crippen LogP contribution in [0.2, 0.25) is 0 Å². The molecule has 0 aliphatic carbocycles. The molecule has 31 heavy (non-hydrogen) atoms. The number of carbonyl (C=O) groups excluding carboxylic acids is 3. The van der Waals surface area contributed by atoms with Crippen molar-refractivity contribution in [1.82, 2.24) is 0 Å². The Morgan fingerprint density at radius 2 is 1.94 bits per heavy atom. The van der Waals surface area contributed by atoms with Gasteiger partial charge < -0.3 is 18.9 Å². The predicted molar refractivity (Wildman–Crippen MR) is 113 cm³/mol. The highest BCUT2D eigenvalue weighted by atomic mass is 35.5. The van der Waals surface area contributed by atoms with Crippen molar-refractivity contribution in [3.05, 3.63) is 34.4 Å². The summed E-state index contributed by atoms with van der Waals surface area (Å²) in [4.78, 5) is 36.2. The number of rotatable bonds is 2. The maximum atomic E-state index is 12.7. The standard InChI is InChI=1S/C23H29ClO7/c1-13-9-19(30-21(26)10-13)23-20-11-17(29-23)8-7-16(24)6-4-5-14(2)18(28-15(3)25)12-22(27)31-20/h5-6,9,17-20,23H,4,7-8,10-12H2,1-3H3/b14-5-,16-6+/t17-,18-,19+,20?,23-/m0/s1. The topological polar surface area (TPSA) is 88.1 Å². The van der Waals surface area contributed by atoms with Crippen LogP contribution in [0.4, 0.5) is 0 Å². The number of carbonyl (C=O) groups is 3. The summed E-state index contributed by atoms with van der Waals surface area (Å²) in [6.45, 7) is 4.97. The van der Waals surface area contributed by atoms with Gasteiger partial charge in [-0.1, -0.05) is 29.3 Å². The van der Waals surface area contributed by atoms with E-state index in [-0.39, 0.29) is 24.9 Å². The number of cyclic esters (lactones) is 1. The fourth-order valence-corrected chi connectivity index (χ4v) is 4.27. The molecule has 170 valence electrons. The van der Waals surface area contributed by atoms with Crippen molar-refractivity contribution in [3.8, 4) is 0 Å². The van der Waals surface area contributed by atoms with Crippen molar-refractivity contribution in [2.24, 2.45) is 0 Å². The van der Waals surface area contributed by atoms with Gasteiger partial charge in [-0.2, -0.15) is 0 Å². The molecule has 0 radical (unpaired) electrons. The van der Waals surface area contributed by atoms with Crippen molar-refractivity contribution in [3.63, 3.8) is 0 Å². The first-order valence-corrected chi connectivity index (χ1v) is 11.0. The predicted octanol–water partition coefficient (Wildman–Crippen LogP) is 3.89. The molecule has 3 rings (SSSR count). The van der Waals surface area contributed by atoms with E-state index in [0.29, 0.717) is 30.7 Å². The molecule has 3 heterocycles. The quantitative estimate of drug-likeness (QED) is 0.356. The van der Waals surface area contributed by atoms with Gasteiger partial charge in [0.15, 0.2) is 0 Å². The maximum absolute atomic E-state index is 12.7. The van der Waals surface area contributed by atoms with Crippen LogP contribution < -0.4 is 0 Å². The number of halogens is 1. The van der Waals surface area contributed by atoms with E-state index in [0.717, 1.165) is 11.1 Å². The summed E-state index contributed by atoms with van der Waals surface area (Å²) >= 11 is 6.36. The lowest BCUT2D eigenvalue weighted by Crippen LogP contribution is -2.41. The second kappa shape index (κ2) is 10.5. The molecule has 0 aromatic rings. The highest BCUT2D eigenvalue weighted by Crippen LogP contribution is 2.33. The summed E-state index contributed by atoms with van der Waals surface area (Å²) in [6.07, 6.45) is 5.44. The van der Waals surface area contributed by atoms with Gasteiger partial charge in [0.25, 0.3) is 0 Å². The fraction of sp³-hybridized carbons (Fsp3) is 0.609. The molecule has 8 heteroatoms. The van der Waals surface area contributed by atoms with Crippen LogP contribution in [0.25, 0.3) is 0 Å². The minimum absolute atomic E-state index is 0.105. The molecule has 1 fully saturated rings. The minimum atomic E-state index is -0.716. The number of ether oxygens (including phenoxy) is 4. The molecule has 5 atom stereocenters. The van der Waals surface area contributed by atoms with E-state index in [4.69, 9.17) is 30.5 Å². The van der Waals surface area contributed by atoms with Crippen molar-refractivity contribution in [1.29, 1.82) is 0 Å². The third-order valence-corrected chi connectivity index (χ3v) is 5.95. The third-order valence-electron chi connectivity index (χ3n) is 5.61. The van der Waals surface area contributed by atoms with Gasteiger partial charge in [-0.3, -0.25) is 14.4 Å². The summed E-state index contributed by atoms with van der Waals surface area (Å²) < 4.78 is 22.7. The Bertz CT molecular complexity index is 813. The molecule has 7 nitrogen and oxygen atoms in total. The summed E-state index contributed by atoms with van der Waals surface area (Å²) in [5, 5.41) is 0.713. The number of hydrogen-bond acceptors (Lipinski definition) is 7. The average Bonchev–Trinajstić information content (AvgIpc) is 3.06. The zero-order valence-electron chi connectivity index (χ0n) is 18.1. The van der Waals surface area contributed by atoms with Crippen LogP contribution in [0, 0.1) is 0 Å². The highest BCUT2D eigenvalue weighted by molar-refractivity contribution is 6.29. The van der Waals surface area contributed by atoms with E-state index < -0.39 is 36.4 Å². The van der Waals surface area contributed by atoms with Crippen LogP contribution in [0.3, 0.4) is 0 Å². The lowest BCUT2D eigenvalue weighted by atomic mass is 10.00. The molecule has 0 saturated carbocycles. The fourth-order valence-electron chi connectivity index (χ4n) is 4.07. The SMILES string of the molecule is CC(=O)O[C@H]1CC(=O)OC2C[C@H](CC/C(Cl)=C\C/C=C\1C)O[C@H]2[C@H]1C=C(C)CC(=O)O1. The molecule has 1 saturated heterocycles. The second-order valence-electron chi connectivity index (χ2n) is 8.31.